The van der Waals surface area contributed by atoms with E-state index in [9.17, 15) is 18.7 Å². The number of imidazole rings is 1. The van der Waals surface area contributed by atoms with E-state index in [-0.39, 0.29) is 29.0 Å². The third-order valence-corrected chi connectivity index (χ3v) is 8.10. The molecular formula is C26H30Cl2F2N3O2P. The molecule has 1 aliphatic rings. The van der Waals surface area contributed by atoms with Gasteiger partial charge in [-0.25, -0.2) is 4.98 Å². The molecule has 2 heterocycles. The molecule has 0 spiro atoms. The lowest BCUT2D eigenvalue weighted by molar-refractivity contribution is 0.0655. The summed E-state index contributed by atoms with van der Waals surface area (Å²) in [5.41, 5.74) is -0.341. The zero-order chi connectivity index (χ0) is 26.4. The Morgan fingerprint density at radius 1 is 1.28 bits per heavy atom. The summed E-state index contributed by atoms with van der Waals surface area (Å²) in [4.78, 5) is 19.8. The number of carbonyl (C=O) groups is 1. The van der Waals surface area contributed by atoms with Crippen LogP contribution in [0.1, 0.15) is 59.1 Å². The highest BCUT2D eigenvalue weighted by Crippen LogP contribution is 2.38. The second-order valence-corrected chi connectivity index (χ2v) is 11.3. The van der Waals surface area contributed by atoms with Crippen molar-refractivity contribution in [2.75, 3.05) is 13.1 Å². The average molecular weight is 556 g/mol. The largest absolute Gasteiger partial charge is 0.393 e. The van der Waals surface area contributed by atoms with Crippen molar-refractivity contribution in [2.45, 2.75) is 51.3 Å². The van der Waals surface area contributed by atoms with Crippen molar-refractivity contribution in [3.05, 3.63) is 62.4 Å². The van der Waals surface area contributed by atoms with Crippen molar-refractivity contribution in [3.8, 4) is 0 Å². The quantitative estimate of drug-likeness (QED) is 0.362. The van der Waals surface area contributed by atoms with Gasteiger partial charge in [0.05, 0.1) is 27.7 Å². The summed E-state index contributed by atoms with van der Waals surface area (Å²) >= 11 is 13.2. The molecule has 10 heteroatoms. The van der Waals surface area contributed by atoms with Gasteiger partial charge in [0.2, 0.25) is 0 Å². The van der Waals surface area contributed by atoms with Gasteiger partial charge in [0.25, 0.3) is 11.6 Å². The van der Waals surface area contributed by atoms with Crippen LogP contribution in [0.2, 0.25) is 10.0 Å². The summed E-state index contributed by atoms with van der Waals surface area (Å²) < 4.78 is 29.7. The SMILES string of the molecule is Cc1cc(C(F)(F)P)cc2c1nc(Cc1c(Cl)ccc(C(=O)N3CCC(CC(C)O)CC3)c1Cl)n2C. The van der Waals surface area contributed by atoms with Gasteiger partial charge in [-0.05, 0) is 74.4 Å². The number of aryl methyl sites for hydroxylation is 2. The van der Waals surface area contributed by atoms with Gasteiger partial charge >= 0.3 is 0 Å². The molecule has 1 N–H and O–H groups in total. The normalized spacial score (nSPS) is 16.1. The topological polar surface area (TPSA) is 58.4 Å². The van der Waals surface area contributed by atoms with Crippen molar-refractivity contribution >= 4 is 49.4 Å². The molecule has 36 heavy (non-hydrogen) atoms. The minimum atomic E-state index is -3.05. The Hall–Kier alpha value is -1.79. The van der Waals surface area contributed by atoms with Crippen molar-refractivity contribution < 1.29 is 18.7 Å². The summed E-state index contributed by atoms with van der Waals surface area (Å²) in [6, 6.07) is 6.19. The van der Waals surface area contributed by atoms with E-state index >= 15 is 0 Å². The van der Waals surface area contributed by atoms with Crippen LogP contribution >= 0.6 is 32.4 Å². The van der Waals surface area contributed by atoms with Gasteiger partial charge < -0.3 is 14.6 Å². The highest BCUT2D eigenvalue weighted by Gasteiger charge is 2.28. The summed E-state index contributed by atoms with van der Waals surface area (Å²) in [6.45, 7) is 4.76. The number of rotatable bonds is 6. The summed E-state index contributed by atoms with van der Waals surface area (Å²) in [7, 11) is 3.34. The Kier molecular flexibility index (Phi) is 7.97. The number of halogens is 4. The third-order valence-electron chi connectivity index (χ3n) is 6.98. The fourth-order valence-corrected chi connectivity index (χ4v) is 5.71. The Morgan fingerprint density at radius 3 is 2.56 bits per heavy atom. The fourth-order valence-electron chi connectivity index (χ4n) is 4.96. The van der Waals surface area contributed by atoms with Gasteiger partial charge in [-0.1, -0.05) is 32.4 Å². The molecule has 1 aliphatic heterocycles. The number of aromatic nitrogens is 2. The lowest BCUT2D eigenvalue weighted by Gasteiger charge is -2.33. The number of nitrogens with zero attached hydrogens (tertiary/aromatic N) is 3. The number of likely N-dealkylation sites (tertiary alicyclic amines) is 1. The minimum Gasteiger partial charge on any atom is -0.393 e. The Labute approximate surface area is 222 Å². The second-order valence-electron chi connectivity index (χ2n) is 9.76. The maximum Gasteiger partial charge on any atom is 0.283 e. The van der Waals surface area contributed by atoms with Gasteiger partial charge in [-0.2, -0.15) is 8.78 Å². The molecule has 1 fully saturated rings. The van der Waals surface area contributed by atoms with E-state index in [0.717, 1.165) is 19.3 Å². The smallest absolute Gasteiger partial charge is 0.283 e. The zero-order valence-electron chi connectivity index (χ0n) is 20.5. The van der Waals surface area contributed by atoms with E-state index in [4.69, 9.17) is 23.2 Å². The molecule has 5 nitrogen and oxygen atoms in total. The molecule has 0 bridgehead atoms. The van der Waals surface area contributed by atoms with Crippen LogP contribution in [-0.2, 0) is 19.1 Å². The standard InChI is InChI=1S/C26H30Cl2F2N3O2P/c1-14-10-17(26(29,30)36)12-21-24(14)31-22(32(21)3)13-19-20(27)5-4-18(23(19)28)25(35)33-8-6-16(7-9-33)11-15(2)34/h4-5,10,12,15-16,34H,6-9,11,13,36H2,1-3H3. The van der Waals surface area contributed by atoms with Crippen LogP contribution in [-0.4, -0.2) is 44.7 Å². The molecule has 2 atom stereocenters. The van der Waals surface area contributed by atoms with Gasteiger partial charge in [0, 0.05) is 37.1 Å². The maximum absolute atomic E-state index is 14.0. The minimum absolute atomic E-state index is 0.104. The van der Waals surface area contributed by atoms with Crippen LogP contribution < -0.4 is 0 Å². The van der Waals surface area contributed by atoms with Crippen molar-refractivity contribution in [1.29, 1.82) is 0 Å². The van der Waals surface area contributed by atoms with Crippen LogP contribution in [0.15, 0.2) is 24.3 Å². The first-order valence-electron chi connectivity index (χ1n) is 11.9. The number of aliphatic hydroxyl groups excluding tert-OH is 1. The van der Waals surface area contributed by atoms with E-state index in [1.165, 1.54) is 12.1 Å². The van der Waals surface area contributed by atoms with E-state index in [2.05, 4.69) is 4.98 Å². The van der Waals surface area contributed by atoms with Gasteiger partial charge in [-0.3, -0.25) is 4.79 Å². The summed E-state index contributed by atoms with van der Waals surface area (Å²) in [5.74, 6) is 0.851. The third kappa shape index (κ3) is 5.55. The van der Waals surface area contributed by atoms with Crippen LogP contribution in [0.5, 0.6) is 0 Å². The van der Waals surface area contributed by atoms with Crippen LogP contribution in [0.3, 0.4) is 0 Å². The lowest BCUT2D eigenvalue weighted by atomic mass is 9.91. The average Bonchev–Trinajstić information content (AvgIpc) is 3.12. The molecule has 2 aromatic carbocycles. The molecule has 194 valence electrons. The Balaban J connectivity index is 1.62. The van der Waals surface area contributed by atoms with E-state index in [1.807, 2.05) is 0 Å². The Morgan fingerprint density at radius 2 is 1.94 bits per heavy atom. The predicted octanol–water partition coefficient (Wildman–Crippen LogP) is 6.33. The highest BCUT2D eigenvalue weighted by molar-refractivity contribution is 7.17. The van der Waals surface area contributed by atoms with Crippen molar-refractivity contribution in [1.82, 2.24) is 14.5 Å². The summed E-state index contributed by atoms with van der Waals surface area (Å²) in [6.07, 6.45) is 2.31. The van der Waals surface area contributed by atoms with E-state index in [0.29, 0.717) is 57.6 Å². The van der Waals surface area contributed by atoms with Crippen LogP contribution in [0.25, 0.3) is 11.0 Å². The Bertz CT molecular complexity index is 1300. The number of piperidine rings is 1. The van der Waals surface area contributed by atoms with Gasteiger partial charge in [0.15, 0.2) is 0 Å². The lowest BCUT2D eigenvalue weighted by Crippen LogP contribution is -2.39. The second kappa shape index (κ2) is 10.5. The monoisotopic (exact) mass is 555 g/mol. The number of amides is 1. The number of benzene rings is 2. The van der Waals surface area contributed by atoms with Crippen molar-refractivity contribution in [3.63, 3.8) is 0 Å². The van der Waals surface area contributed by atoms with Crippen molar-refractivity contribution in [2.24, 2.45) is 13.0 Å². The van der Waals surface area contributed by atoms with Gasteiger partial charge in [-0.15, -0.1) is 0 Å². The zero-order valence-corrected chi connectivity index (χ0v) is 23.2. The molecule has 3 aromatic rings. The molecular weight excluding hydrogens is 526 g/mol. The first-order chi connectivity index (χ1) is 16.9. The highest BCUT2D eigenvalue weighted by atomic mass is 35.5. The van der Waals surface area contributed by atoms with Crippen LogP contribution in [0.4, 0.5) is 8.78 Å². The summed E-state index contributed by atoms with van der Waals surface area (Å²) in [5, 5.41) is 10.3. The number of alkyl halides is 2. The number of aliphatic hydroxyl groups is 1. The first kappa shape index (κ1) is 27.3. The van der Waals surface area contributed by atoms with Gasteiger partial charge in [0.1, 0.15) is 5.82 Å². The van der Waals surface area contributed by atoms with Crippen LogP contribution in [0, 0.1) is 12.8 Å². The molecule has 0 saturated carbocycles. The maximum atomic E-state index is 14.0. The number of carbonyl (C=O) groups excluding carboxylic acids is 1. The molecule has 0 radical (unpaired) electrons. The molecule has 1 amide bonds. The number of hydrogen-bond donors (Lipinski definition) is 1. The molecule has 0 aliphatic carbocycles. The van der Waals surface area contributed by atoms with E-state index in [1.54, 1.807) is 51.7 Å². The number of fused-ring (bicyclic) bond motifs is 1. The number of hydrogen-bond acceptors (Lipinski definition) is 3. The molecule has 4 rings (SSSR count). The molecule has 2 unspecified atom stereocenters. The molecule has 1 aromatic heterocycles. The van der Waals surface area contributed by atoms with E-state index < -0.39 is 5.66 Å². The first-order valence-corrected chi connectivity index (χ1v) is 13.3. The fraction of sp³-hybridized carbons (Fsp3) is 0.462. The predicted molar refractivity (Wildman–Crippen MR) is 143 cm³/mol. The molecule has 1 saturated heterocycles.